The van der Waals surface area contributed by atoms with Crippen molar-refractivity contribution < 1.29 is 8.78 Å². The molecule has 0 spiro atoms. The van der Waals surface area contributed by atoms with Gasteiger partial charge in [-0.25, -0.2) is 18.7 Å². The van der Waals surface area contributed by atoms with Crippen LogP contribution in [-0.4, -0.2) is 9.97 Å². The maximum atomic E-state index is 13.6. The van der Waals surface area contributed by atoms with Crippen molar-refractivity contribution in [2.75, 3.05) is 5.73 Å². The molecule has 7 heteroatoms. The highest BCUT2D eigenvalue weighted by Crippen LogP contribution is 2.34. The summed E-state index contributed by atoms with van der Waals surface area (Å²) in [5.41, 5.74) is 6.90. The van der Waals surface area contributed by atoms with Crippen LogP contribution in [0.25, 0.3) is 11.4 Å². The Morgan fingerprint density at radius 3 is 2.35 bits per heavy atom. The first-order valence-electron chi connectivity index (χ1n) is 5.79. The fraction of sp³-hybridized carbons (Fsp3) is 0.231. The standard InChI is InChI=1S/C13H11Br2F2N3/c1-5(2)11-9(15)12(18)20-13(19-11)6-3-4-7(16)10(17)8(6)14/h3-5H,1-2H3,(H2,18,19,20). The lowest BCUT2D eigenvalue weighted by molar-refractivity contribution is 0.504. The predicted octanol–water partition coefficient (Wildman–Crippen LogP) is 4.65. The second-order valence-corrected chi connectivity index (χ2v) is 6.10. The van der Waals surface area contributed by atoms with Gasteiger partial charge in [-0.2, -0.15) is 0 Å². The lowest BCUT2D eigenvalue weighted by Gasteiger charge is -2.12. The Balaban J connectivity index is 2.68. The molecule has 0 amide bonds. The van der Waals surface area contributed by atoms with Crippen molar-refractivity contribution in [3.63, 3.8) is 0 Å². The number of hydrogen-bond donors (Lipinski definition) is 1. The third-order valence-corrected chi connectivity index (χ3v) is 4.31. The highest BCUT2D eigenvalue weighted by Gasteiger charge is 2.18. The zero-order valence-corrected chi connectivity index (χ0v) is 13.9. The molecular weight excluding hydrogens is 396 g/mol. The van der Waals surface area contributed by atoms with Crippen LogP contribution in [0, 0.1) is 11.6 Å². The van der Waals surface area contributed by atoms with E-state index in [9.17, 15) is 8.78 Å². The molecule has 0 aliphatic heterocycles. The van der Waals surface area contributed by atoms with Crippen LogP contribution in [0.4, 0.5) is 14.6 Å². The molecule has 0 radical (unpaired) electrons. The molecule has 0 saturated carbocycles. The maximum Gasteiger partial charge on any atom is 0.173 e. The van der Waals surface area contributed by atoms with Crippen LogP contribution in [0.15, 0.2) is 21.1 Å². The van der Waals surface area contributed by atoms with Crippen molar-refractivity contribution in [2.45, 2.75) is 19.8 Å². The number of benzene rings is 1. The minimum atomic E-state index is -0.973. The molecule has 1 aromatic carbocycles. The van der Waals surface area contributed by atoms with E-state index in [1.807, 2.05) is 13.8 Å². The Morgan fingerprint density at radius 1 is 1.10 bits per heavy atom. The van der Waals surface area contributed by atoms with Crippen LogP contribution in [0.2, 0.25) is 0 Å². The average Bonchev–Trinajstić information content (AvgIpc) is 2.39. The number of anilines is 1. The first-order chi connectivity index (χ1) is 9.32. The van der Waals surface area contributed by atoms with Gasteiger partial charge in [0.2, 0.25) is 0 Å². The number of nitrogens with zero attached hydrogens (tertiary/aromatic N) is 2. The van der Waals surface area contributed by atoms with Crippen LogP contribution in [-0.2, 0) is 0 Å². The van der Waals surface area contributed by atoms with Gasteiger partial charge in [-0.15, -0.1) is 0 Å². The molecule has 0 aliphatic carbocycles. The number of rotatable bonds is 2. The summed E-state index contributed by atoms with van der Waals surface area (Å²) >= 11 is 6.36. The Hall–Kier alpha value is -1.08. The summed E-state index contributed by atoms with van der Waals surface area (Å²) in [6, 6.07) is 2.45. The molecule has 1 aromatic heterocycles. The van der Waals surface area contributed by atoms with Crippen molar-refractivity contribution in [2.24, 2.45) is 0 Å². The first-order valence-corrected chi connectivity index (χ1v) is 7.38. The minimum Gasteiger partial charge on any atom is -0.383 e. The molecule has 0 saturated heterocycles. The fourth-order valence-electron chi connectivity index (χ4n) is 1.68. The van der Waals surface area contributed by atoms with Gasteiger partial charge in [0.15, 0.2) is 17.5 Å². The van der Waals surface area contributed by atoms with Gasteiger partial charge >= 0.3 is 0 Å². The second-order valence-electron chi connectivity index (χ2n) is 4.51. The van der Waals surface area contributed by atoms with Gasteiger partial charge in [-0.1, -0.05) is 13.8 Å². The molecular formula is C13H11Br2F2N3. The van der Waals surface area contributed by atoms with Gasteiger partial charge in [0.05, 0.1) is 14.6 Å². The molecule has 2 rings (SSSR count). The molecule has 3 nitrogen and oxygen atoms in total. The summed E-state index contributed by atoms with van der Waals surface area (Å²) in [5.74, 6) is -1.29. The van der Waals surface area contributed by atoms with Crippen molar-refractivity contribution in [1.82, 2.24) is 9.97 Å². The van der Waals surface area contributed by atoms with Crippen molar-refractivity contribution in [3.05, 3.63) is 38.4 Å². The van der Waals surface area contributed by atoms with E-state index in [4.69, 9.17) is 5.73 Å². The highest BCUT2D eigenvalue weighted by molar-refractivity contribution is 9.11. The number of halogens is 4. The largest absolute Gasteiger partial charge is 0.383 e. The van der Waals surface area contributed by atoms with Gasteiger partial charge in [-0.3, -0.25) is 0 Å². The van der Waals surface area contributed by atoms with Gasteiger partial charge in [0.25, 0.3) is 0 Å². The van der Waals surface area contributed by atoms with Gasteiger partial charge < -0.3 is 5.73 Å². The molecule has 1 heterocycles. The predicted molar refractivity (Wildman–Crippen MR) is 81.3 cm³/mol. The van der Waals surface area contributed by atoms with E-state index in [0.717, 1.165) is 6.07 Å². The summed E-state index contributed by atoms with van der Waals surface area (Å²) in [6.07, 6.45) is 0. The number of nitrogen functional groups attached to an aromatic ring is 1. The van der Waals surface area contributed by atoms with E-state index >= 15 is 0 Å². The zero-order chi connectivity index (χ0) is 15.0. The normalized spacial score (nSPS) is 11.2. The highest BCUT2D eigenvalue weighted by atomic mass is 79.9. The third-order valence-electron chi connectivity index (χ3n) is 2.73. The molecule has 2 N–H and O–H groups in total. The zero-order valence-electron chi connectivity index (χ0n) is 10.7. The van der Waals surface area contributed by atoms with Crippen LogP contribution < -0.4 is 5.73 Å². The summed E-state index contributed by atoms with van der Waals surface area (Å²) in [4.78, 5) is 8.50. The topological polar surface area (TPSA) is 51.8 Å². The van der Waals surface area contributed by atoms with E-state index in [2.05, 4.69) is 41.8 Å². The van der Waals surface area contributed by atoms with Crippen LogP contribution >= 0.6 is 31.9 Å². The SMILES string of the molecule is CC(C)c1nc(-c2ccc(F)c(F)c2Br)nc(N)c1Br. The maximum absolute atomic E-state index is 13.6. The van der Waals surface area contributed by atoms with Gasteiger partial charge in [0.1, 0.15) is 5.82 Å². The van der Waals surface area contributed by atoms with E-state index in [0.29, 0.717) is 15.7 Å². The molecule has 0 fully saturated rings. The summed E-state index contributed by atoms with van der Waals surface area (Å²) in [5, 5.41) is 0. The number of nitrogens with two attached hydrogens (primary N) is 1. The molecule has 0 unspecified atom stereocenters. The molecule has 20 heavy (non-hydrogen) atoms. The Kier molecular flexibility index (Phi) is 4.39. The lowest BCUT2D eigenvalue weighted by atomic mass is 10.1. The molecule has 2 aromatic rings. The van der Waals surface area contributed by atoms with Crippen LogP contribution in [0.5, 0.6) is 0 Å². The Labute approximate surface area is 131 Å². The summed E-state index contributed by atoms with van der Waals surface area (Å²) < 4.78 is 27.3. The summed E-state index contributed by atoms with van der Waals surface area (Å²) in [6.45, 7) is 3.91. The second kappa shape index (κ2) is 5.73. The number of aromatic nitrogens is 2. The minimum absolute atomic E-state index is 0.0195. The van der Waals surface area contributed by atoms with Crippen LogP contribution in [0.3, 0.4) is 0 Å². The van der Waals surface area contributed by atoms with E-state index in [-0.39, 0.29) is 22.0 Å². The van der Waals surface area contributed by atoms with E-state index in [1.54, 1.807) is 0 Å². The lowest BCUT2D eigenvalue weighted by Crippen LogP contribution is -2.05. The summed E-state index contributed by atoms with van der Waals surface area (Å²) in [7, 11) is 0. The van der Waals surface area contributed by atoms with Crippen molar-refractivity contribution in [3.8, 4) is 11.4 Å². The Morgan fingerprint density at radius 2 is 1.75 bits per heavy atom. The quantitative estimate of drug-likeness (QED) is 0.738. The van der Waals surface area contributed by atoms with Gasteiger partial charge in [0, 0.05) is 5.56 Å². The first kappa shape index (κ1) is 15.3. The monoisotopic (exact) mass is 405 g/mol. The average molecular weight is 407 g/mol. The van der Waals surface area contributed by atoms with Crippen LogP contribution in [0.1, 0.15) is 25.5 Å². The van der Waals surface area contributed by atoms with Crippen molar-refractivity contribution >= 4 is 37.7 Å². The Bertz CT molecular complexity index is 675. The third kappa shape index (κ3) is 2.69. The number of hydrogen-bond acceptors (Lipinski definition) is 3. The van der Waals surface area contributed by atoms with Crippen molar-refractivity contribution in [1.29, 1.82) is 0 Å². The smallest absolute Gasteiger partial charge is 0.173 e. The van der Waals surface area contributed by atoms with E-state index in [1.165, 1.54) is 6.07 Å². The molecule has 0 bridgehead atoms. The van der Waals surface area contributed by atoms with E-state index < -0.39 is 11.6 Å². The molecule has 0 atom stereocenters. The molecule has 0 aliphatic rings. The molecule has 106 valence electrons. The fourth-order valence-corrected chi connectivity index (χ4v) is 2.82. The van der Waals surface area contributed by atoms with Gasteiger partial charge in [-0.05, 0) is 49.9 Å².